The van der Waals surface area contributed by atoms with Gasteiger partial charge in [-0.15, -0.1) is 11.3 Å². The number of rotatable bonds is 7. The van der Waals surface area contributed by atoms with E-state index in [0.717, 1.165) is 53.3 Å². The van der Waals surface area contributed by atoms with Crippen molar-refractivity contribution in [3.63, 3.8) is 0 Å². The quantitative estimate of drug-likeness (QED) is 0.488. The molecule has 1 aliphatic heterocycles. The highest BCUT2D eigenvalue weighted by Gasteiger charge is 2.21. The Kier molecular flexibility index (Phi) is 6.86. The molecule has 6 nitrogen and oxygen atoms in total. The number of ether oxygens (including phenoxy) is 4. The Bertz CT molecular complexity index is 1130. The fourth-order valence-corrected chi connectivity index (χ4v) is 4.92. The van der Waals surface area contributed by atoms with Crippen LogP contribution in [0, 0.1) is 13.8 Å². The molecule has 1 saturated heterocycles. The van der Waals surface area contributed by atoms with Crippen molar-refractivity contribution >= 4 is 17.0 Å². The van der Waals surface area contributed by atoms with Gasteiger partial charge in [-0.3, -0.25) is 0 Å². The van der Waals surface area contributed by atoms with Gasteiger partial charge in [0, 0.05) is 17.6 Å². The Hall–Kier alpha value is -2.77. The topological polar surface area (TPSA) is 54.2 Å². The monoisotopic (exact) mass is 454 g/mol. The second kappa shape index (κ2) is 9.79. The lowest BCUT2D eigenvalue weighted by Gasteiger charge is -2.17. The molecule has 0 aliphatic carbocycles. The van der Waals surface area contributed by atoms with Gasteiger partial charge >= 0.3 is 0 Å². The molecule has 1 aliphatic rings. The molecule has 0 amide bonds. The summed E-state index contributed by atoms with van der Waals surface area (Å²) in [6.45, 7) is 5.75. The zero-order chi connectivity index (χ0) is 22.7. The van der Waals surface area contributed by atoms with Crippen LogP contribution in [-0.2, 0) is 11.3 Å². The van der Waals surface area contributed by atoms with Crippen molar-refractivity contribution in [2.24, 2.45) is 4.99 Å². The number of thiazole rings is 1. The summed E-state index contributed by atoms with van der Waals surface area (Å²) < 4.78 is 24.9. The van der Waals surface area contributed by atoms with Crippen molar-refractivity contribution in [1.82, 2.24) is 4.57 Å². The zero-order valence-corrected chi connectivity index (χ0v) is 20.1. The van der Waals surface area contributed by atoms with Crippen molar-refractivity contribution < 1.29 is 18.9 Å². The summed E-state index contributed by atoms with van der Waals surface area (Å²) in [7, 11) is 4.89. The number of aryl methyl sites for hydroxylation is 2. The molecule has 1 atom stereocenters. The molecular formula is C25H30N2O4S. The molecular weight excluding hydrogens is 424 g/mol. The van der Waals surface area contributed by atoms with E-state index in [9.17, 15) is 0 Å². The van der Waals surface area contributed by atoms with Crippen LogP contribution in [0.15, 0.2) is 40.7 Å². The molecule has 2 heterocycles. The number of aromatic nitrogens is 1. The standard InChI is InChI=1S/C25H30N2O4S/c1-16-8-9-17(2)20(11-16)26-25-27(14-19-7-6-10-31-19)21(15-32-25)18-12-22(28-3)24(30-5)23(13-18)29-4/h8-9,11-13,15,19H,6-7,10,14H2,1-5H3. The minimum Gasteiger partial charge on any atom is -0.493 e. The van der Waals surface area contributed by atoms with Crippen molar-refractivity contribution in [1.29, 1.82) is 0 Å². The van der Waals surface area contributed by atoms with Gasteiger partial charge in [0.25, 0.3) is 0 Å². The average Bonchev–Trinajstić information content (AvgIpc) is 3.46. The summed E-state index contributed by atoms with van der Waals surface area (Å²) in [6.07, 6.45) is 2.33. The maximum atomic E-state index is 5.96. The molecule has 7 heteroatoms. The molecule has 0 saturated carbocycles. The first-order valence-corrected chi connectivity index (χ1v) is 11.6. The summed E-state index contributed by atoms with van der Waals surface area (Å²) in [5, 5.41) is 2.14. The van der Waals surface area contributed by atoms with Gasteiger partial charge in [0.2, 0.25) is 5.75 Å². The Labute approximate surface area is 193 Å². The predicted octanol–water partition coefficient (Wildman–Crippen LogP) is 5.27. The lowest BCUT2D eigenvalue weighted by molar-refractivity contribution is 0.0968. The maximum absolute atomic E-state index is 5.96. The molecule has 1 aromatic heterocycles. The van der Waals surface area contributed by atoms with E-state index in [4.69, 9.17) is 23.9 Å². The van der Waals surface area contributed by atoms with Gasteiger partial charge in [-0.05, 0) is 56.0 Å². The second-order valence-electron chi connectivity index (χ2n) is 7.96. The molecule has 3 aromatic rings. The Balaban J connectivity index is 1.88. The van der Waals surface area contributed by atoms with Gasteiger partial charge in [-0.2, -0.15) is 0 Å². The van der Waals surface area contributed by atoms with Gasteiger partial charge in [-0.1, -0.05) is 12.1 Å². The average molecular weight is 455 g/mol. The van der Waals surface area contributed by atoms with E-state index < -0.39 is 0 Å². The molecule has 0 N–H and O–H groups in total. The molecule has 4 rings (SSSR count). The van der Waals surface area contributed by atoms with Crippen LogP contribution in [0.3, 0.4) is 0 Å². The van der Waals surface area contributed by atoms with Crippen LogP contribution in [0.5, 0.6) is 17.2 Å². The molecule has 0 radical (unpaired) electrons. The number of benzene rings is 2. The van der Waals surface area contributed by atoms with Crippen LogP contribution in [0.25, 0.3) is 11.3 Å². The zero-order valence-electron chi connectivity index (χ0n) is 19.3. The van der Waals surface area contributed by atoms with Crippen molar-refractivity contribution in [2.45, 2.75) is 39.3 Å². The largest absolute Gasteiger partial charge is 0.493 e. The van der Waals surface area contributed by atoms with Gasteiger partial charge in [0.15, 0.2) is 16.3 Å². The maximum Gasteiger partial charge on any atom is 0.203 e. The molecule has 0 bridgehead atoms. The summed E-state index contributed by atoms with van der Waals surface area (Å²) in [5.41, 5.74) is 5.37. The Morgan fingerprint density at radius 3 is 2.44 bits per heavy atom. The second-order valence-corrected chi connectivity index (χ2v) is 8.80. The lowest BCUT2D eigenvalue weighted by atomic mass is 10.1. The molecule has 170 valence electrons. The highest BCUT2D eigenvalue weighted by atomic mass is 32.1. The van der Waals surface area contributed by atoms with E-state index >= 15 is 0 Å². The van der Waals surface area contributed by atoms with E-state index in [1.54, 1.807) is 32.7 Å². The first-order valence-electron chi connectivity index (χ1n) is 10.8. The summed E-state index contributed by atoms with van der Waals surface area (Å²) in [6, 6.07) is 10.3. The first-order chi connectivity index (χ1) is 15.5. The number of nitrogens with zero attached hydrogens (tertiary/aromatic N) is 2. The Morgan fingerprint density at radius 2 is 1.81 bits per heavy atom. The Morgan fingerprint density at radius 1 is 1.06 bits per heavy atom. The minimum atomic E-state index is 0.183. The van der Waals surface area contributed by atoms with E-state index in [-0.39, 0.29) is 6.10 Å². The summed E-state index contributed by atoms with van der Waals surface area (Å²) >= 11 is 1.63. The third-order valence-electron chi connectivity index (χ3n) is 5.75. The van der Waals surface area contributed by atoms with Crippen LogP contribution < -0.4 is 19.0 Å². The van der Waals surface area contributed by atoms with Crippen LogP contribution in [-0.4, -0.2) is 38.6 Å². The number of hydrogen-bond donors (Lipinski definition) is 0. The minimum absolute atomic E-state index is 0.183. The normalized spacial score (nSPS) is 16.4. The summed E-state index contributed by atoms with van der Waals surface area (Å²) in [5.74, 6) is 1.84. The molecule has 0 spiro atoms. The van der Waals surface area contributed by atoms with E-state index in [1.165, 1.54) is 5.56 Å². The van der Waals surface area contributed by atoms with Gasteiger partial charge < -0.3 is 23.5 Å². The SMILES string of the molecule is COc1cc(-c2csc(=Nc3cc(C)ccc3C)n2CC2CCCO2)cc(OC)c1OC. The third kappa shape index (κ3) is 4.54. The van der Waals surface area contributed by atoms with Crippen molar-refractivity contribution in [3.05, 3.63) is 51.6 Å². The molecule has 32 heavy (non-hydrogen) atoms. The van der Waals surface area contributed by atoms with Gasteiger partial charge in [-0.25, -0.2) is 4.99 Å². The first kappa shape index (κ1) is 22.4. The van der Waals surface area contributed by atoms with Gasteiger partial charge in [0.05, 0.1) is 45.4 Å². The van der Waals surface area contributed by atoms with Crippen LogP contribution in [0.4, 0.5) is 5.69 Å². The smallest absolute Gasteiger partial charge is 0.203 e. The fraction of sp³-hybridized carbons (Fsp3) is 0.400. The van der Waals surface area contributed by atoms with Crippen LogP contribution in [0.1, 0.15) is 24.0 Å². The molecule has 1 unspecified atom stereocenters. The predicted molar refractivity (Wildman–Crippen MR) is 128 cm³/mol. The number of hydrogen-bond acceptors (Lipinski definition) is 6. The van der Waals surface area contributed by atoms with Crippen molar-refractivity contribution in [2.75, 3.05) is 27.9 Å². The van der Waals surface area contributed by atoms with E-state index in [0.29, 0.717) is 17.2 Å². The molecule has 2 aromatic carbocycles. The fourth-order valence-electron chi connectivity index (χ4n) is 3.99. The van der Waals surface area contributed by atoms with Crippen LogP contribution in [0.2, 0.25) is 0 Å². The van der Waals surface area contributed by atoms with Crippen LogP contribution >= 0.6 is 11.3 Å². The van der Waals surface area contributed by atoms with E-state index in [2.05, 4.69) is 42.0 Å². The number of methoxy groups -OCH3 is 3. The highest BCUT2D eigenvalue weighted by molar-refractivity contribution is 7.07. The van der Waals surface area contributed by atoms with E-state index in [1.807, 2.05) is 12.1 Å². The highest BCUT2D eigenvalue weighted by Crippen LogP contribution is 2.41. The third-order valence-corrected chi connectivity index (χ3v) is 6.61. The van der Waals surface area contributed by atoms with Gasteiger partial charge in [0.1, 0.15) is 0 Å². The van der Waals surface area contributed by atoms with Crippen molar-refractivity contribution in [3.8, 4) is 28.5 Å². The lowest BCUT2D eigenvalue weighted by Crippen LogP contribution is -2.24. The molecule has 1 fully saturated rings. The summed E-state index contributed by atoms with van der Waals surface area (Å²) in [4.78, 5) is 5.99.